The predicted octanol–water partition coefficient (Wildman–Crippen LogP) is 1.91. The van der Waals surface area contributed by atoms with Crippen LogP contribution < -0.4 is 10.6 Å². The lowest BCUT2D eigenvalue weighted by Gasteiger charge is -2.18. The number of benzene rings is 1. The van der Waals surface area contributed by atoms with E-state index in [2.05, 4.69) is 10.6 Å². The number of carboxylic acids is 1. The quantitative estimate of drug-likeness (QED) is 0.758. The van der Waals surface area contributed by atoms with Gasteiger partial charge in [-0.25, -0.2) is 9.59 Å². The molecule has 0 saturated heterocycles. The fourth-order valence-electron chi connectivity index (χ4n) is 2.03. The van der Waals surface area contributed by atoms with Crippen LogP contribution in [-0.2, 0) is 4.79 Å². The van der Waals surface area contributed by atoms with E-state index >= 15 is 0 Å². The summed E-state index contributed by atoms with van der Waals surface area (Å²) in [4.78, 5) is 23.0. The molecule has 1 fully saturated rings. The highest BCUT2D eigenvalue weighted by molar-refractivity contribution is 5.83. The van der Waals surface area contributed by atoms with Crippen molar-refractivity contribution in [2.45, 2.75) is 31.8 Å². The summed E-state index contributed by atoms with van der Waals surface area (Å²) in [7, 11) is 0. The molecule has 5 heteroatoms. The first-order valence-electron chi connectivity index (χ1n) is 6.42. The Morgan fingerprint density at radius 1 is 1.21 bits per heavy atom. The van der Waals surface area contributed by atoms with Gasteiger partial charge in [-0.05, 0) is 31.2 Å². The first-order chi connectivity index (χ1) is 9.08. The molecule has 102 valence electrons. The van der Waals surface area contributed by atoms with Crippen molar-refractivity contribution in [3.8, 4) is 0 Å². The van der Waals surface area contributed by atoms with Gasteiger partial charge in [0, 0.05) is 6.04 Å². The highest BCUT2D eigenvalue weighted by Gasteiger charge is 2.30. The smallest absolute Gasteiger partial charge is 0.330 e. The van der Waals surface area contributed by atoms with Crippen LogP contribution in [0.1, 0.15) is 31.4 Å². The molecule has 1 aliphatic carbocycles. The number of urea groups is 1. The Morgan fingerprint density at radius 3 is 2.37 bits per heavy atom. The molecule has 0 aromatic heterocycles. The zero-order valence-corrected chi connectivity index (χ0v) is 10.8. The highest BCUT2D eigenvalue weighted by Crippen LogP contribution is 2.32. The van der Waals surface area contributed by atoms with Gasteiger partial charge in [0.05, 0.1) is 0 Å². The molecule has 1 aromatic carbocycles. The molecule has 0 bridgehead atoms. The molecule has 2 atom stereocenters. The van der Waals surface area contributed by atoms with Gasteiger partial charge in [-0.1, -0.05) is 30.3 Å². The first-order valence-corrected chi connectivity index (χ1v) is 6.42. The van der Waals surface area contributed by atoms with Gasteiger partial charge < -0.3 is 15.7 Å². The van der Waals surface area contributed by atoms with Crippen molar-refractivity contribution >= 4 is 12.0 Å². The van der Waals surface area contributed by atoms with E-state index in [0.717, 1.165) is 12.8 Å². The summed E-state index contributed by atoms with van der Waals surface area (Å²) in [5, 5.41) is 14.5. The van der Waals surface area contributed by atoms with E-state index in [1.54, 1.807) is 30.3 Å². The Morgan fingerprint density at radius 2 is 1.84 bits per heavy atom. The number of hydrogen-bond acceptors (Lipinski definition) is 2. The molecule has 2 rings (SSSR count). The van der Waals surface area contributed by atoms with E-state index in [-0.39, 0.29) is 6.04 Å². The lowest BCUT2D eigenvalue weighted by atomic mass is 10.1. The second kappa shape index (κ2) is 5.73. The molecule has 5 nitrogen and oxygen atoms in total. The van der Waals surface area contributed by atoms with Crippen LogP contribution in [0.4, 0.5) is 4.79 Å². The molecule has 0 radical (unpaired) electrons. The molecule has 2 amide bonds. The molecule has 1 unspecified atom stereocenters. The van der Waals surface area contributed by atoms with Gasteiger partial charge in [0.1, 0.15) is 0 Å². The van der Waals surface area contributed by atoms with Gasteiger partial charge >= 0.3 is 12.0 Å². The molecular weight excluding hydrogens is 244 g/mol. The van der Waals surface area contributed by atoms with Crippen molar-refractivity contribution in [1.29, 1.82) is 0 Å². The molecular formula is C14H18N2O3. The van der Waals surface area contributed by atoms with Crippen LogP contribution in [0.15, 0.2) is 30.3 Å². The van der Waals surface area contributed by atoms with Crippen LogP contribution in [0.3, 0.4) is 0 Å². The minimum absolute atomic E-state index is 0.0882. The molecule has 1 aliphatic rings. The van der Waals surface area contributed by atoms with Gasteiger partial charge in [-0.15, -0.1) is 0 Å². The van der Waals surface area contributed by atoms with E-state index in [1.165, 1.54) is 0 Å². The average molecular weight is 262 g/mol. The minimum Gasteiger partial charge on any atom is -0.479 e. The molecule has 0 aliphatic heterocycles. The number of nitrogens with one attached hydrogen (secondary N) is 2. The van der Waals surface area contributed by atoms with Crippen molar-refractivity contribution in [3.63, 3.8) is 0 Å². The SMILES string of the molecule is CC(NC(=O)N[C@H](C(=O)O)c1ccccc1)C1CC1. The van der Waals surface area contributed by atoms with Crippen molar-refractivity contribution in [3.05, 3.63) is 35.9 Å². The topological polar surface area (TPSA) is 78.4 Å². The van der Waals surface area contributed by atoms with Crippen molar-refractivity contribution in [2.24, 2.45) is 5.92 Å². The van der Waals surface area contributed by atoms with Crippen LogP contribution in [0, 0.1) is 5.92 Å². The molecule has 0 spiro atoms. The summed E-state index contributed by atoms with van der Waals surface area (Å²) >= 11 is 0. The van der Waals surface area contributed by atoms with Crippen molar-refractivity contribution in [1.82, 2.24) is 10.6 Å². The number of carbonyl (C=O) groups is 2. The Bertz CT molecular complexity index is 457. The summed E-state index contributed by atoms with van der Waals surface area (Å²) in [5.74, 6) is -0.536. The number of amides is 2. The standard InChI is InChI=1S/C14H18N2O3/c1-9(10-7-8-10)15-14(19)16-12(13(17)18)11-5-3-2-4-6-11/h2-6,9-10,12H,7-8H2,1H3,(H,17,18)(H2,15,16,19)/t9?,12-/m0/s1. The van der Waals surface area contributed by atoms with Gasteiger partial charge in [0.15, 0.2) is 6.04 Å². The first kappa shape index (κ1) is 13.4. The normalized spacial score (nSPS) is 17.3. The van der Waals surface area contributed by atoms with E-state index < -0.39 is 18.0 Å². The average Bonchev–Trinajstić information content (AvgIpc) is 3.21. The third-order valence-electron chi connectivity index (χ3n) is 3.34. The van der Waals surface area contributed by atoms with Gasteiger partial charge in [-0.3, -0.25) is 0 Å². The van der Waals surface area contributed by atoms with E-state index in [9.17, 15) is 14.7 Å². The summed E-state index contributed by atoms with van der Waals surface area (Å²) in [6.45, 7) is 1.94. The van der Waals surface area contributed by atoms with E-state index in [1.807, 2.05) is 6.92 Å². The maximum atomic E-state index is 11.8. The predicted molar refractivity (Wildman–Crippen MR) is 70.7 cm³/mol. The maximum Gasteiger partial charge on any atom is 0.330 e. The van der Waals surface area contributed by atoms with E-state index in [0.29, 0.717) is 11.5 Å². The van der Waals surface area contributed by atoms with E-state index in [4.69, 9.17) is 0 Å². The Labute approximate surface area is 112 Å². The lowest BCUT2D eigenvalue weighted by molar-refractivity contribution is -0.139. The number of carbonyl (C=O) groups excluding carboxylic acids is 1. The van der Waals surface area contributed by atoms with Crippen LogP contribution in [0.2, 0.25) is 0 Å². The summed E-state index contributed by atoms with van der Waals surface area (Å²) in [6.07, 6.45) is 2.25. The highest BCUT2D eigenvalue weighted by atomic mass is 16.4. The van der Waals surface area contributed by atoms with Crippen molar-refractivity contribution in [2.75, 3.05) is 0 Å². The second-order valence-corrected chi connectivity index (χ2v) is 4.93. The number of hydrogen-bond donors (Lipinski definition) is 3. The monoisotopic (exact) mass is 262 g/mol. The summed E-state index contributed by atoms with van der Waals surface area (Å²) in [6, 6.07) is 7.30. The Hall–Kier alpha value is -2.04. The van der Waals surface area contributed by atoms with Crippen LogP contribution in [0.5, 0.6) is 0 Å². The molecule has 19 heavy (non-hydrogen) atoms. The zero-order valence-electron chi connectivity index (χ0n) is 10.8. The number of carboxylic acid groups (broad SMARTS) is 1. The maximum absolute atomic E-state index is 11.8. The van der Waals surface area contributed by atoms with Gasteiger partial charge in [-0.2, -0.15) is 0 Å². The van der Waals surface area contributed by atoms with Crippen molar-refractivity contribution < 1.29 is 14.7 Å². The summed E-state index contributed by atoms with van der Waals surface area (Å²) in [5.41, 5.74) is 0.559. The van der Waals surface area contributed by atoms with Gasteiger partial charge in [0.2, 0.25) is 0 Å². The number of aliphatic carboxylic acids is 1. The second-order valence-electron chi connectivity index (χ2n) is 4.93. The zero-order chi connectivity index (χ0) is 13.8. The third-order valence-corrected chi connectivity index (χ3v) is 3.34. The Kier molecular flexibility index (Phi) is 4.04. The molecule has 0 heterocycles. The molecule has 1 aromatic rings. The third kappa shape index (κ3) is 3.71. The molecule has 1 saturated carbocycles. The van der Waals surface area contributed by atoms with Gasteiger partial charge in [0.25, 0.3) is 0 Å². The van der Waals surface area contributed by atoms with Crippen LogP contribution >= 0.6 is 0 Å². The number of rotatable bonds is 5. The lowest BCUT2D eigenvalue weighted by Crippen LogP contribution is -2.45. The van der Waals surface area contributed by atoms with Crippen LogP contribution in [0.25, 0.3) is 0 Å². The van der Waals surface area contributed by atoms with Crippen LogP contribution in [-0.4, -0.2) is 23.1 Å². The minimum atomic E-state index is -1.07. The fraction of sp³-hybridized carbons (Fsp3) is 0.429. The molecule has 3 N–H and O–H groups in total. The Balaban J connectivity index is 1.96. The summed E-state index contributed by atoms with van der Waals surface area (Å²) < 4.78 is 0. The fourth-order valence-corrected chi connectivity index (χ4v) is 2.03. The largest absolute Gasteiger partial charge is 0.479 e.